The average molecular weight is 508 g/mol. The third kappa shape index (κ3) is 3.17. The Kier molecular flexibility index (Phi) is 5.17. The molecule has 0 atom stereocenters. The van der Waals surface area contributed by atoms with Gasteiger partial charge in [0.15, 0.2) is 13.5 Å². The summed E-state index contributed by atoms with van der Waals surface area (Å²) >= 11 is 0. The van der Waals surface area contributed by atoms with Crippen LogP contribution in [0.25, 0.3) is 11.0 Å². The summed E-state index contributed by atoms with van der Waals surface area (Å²) in [6.45, 7) is 1.79. The minimum absolute atomic E-state index is 0.00368. The van der Waals surface area contributed by atoms with E-state index in [-0.39, 0.29) is 5.43 Å². The van der Waals surface area contributed by atoms with Gasteiger partial charge in [-0.25, -0.2) is 0 Å². The molecule has 3 nitrogen and oxygen atoms in total. The fourth-order valence-electron chi connectivity index (χ4n) is 6.04. The highest BCUT2D eigenvalue weighted by Gasteiger charge is 2.48. The molecule has 0 spiro atoms. The Balaban J connectivity index is 1.60. The van der Waals surface area contributed by atoms with Crippen LogP contribution in [-0.4, -0.2) is 8.07 Å². The number of anilines is 3. The molecule has 0 unspecified atom stereocenters. The van der Waals surface area contributed by atoms with E-state index in [0.717, 1.165) is 17.1 Å². The largest absolute Gasteiger partial charge is 0.464 e. The number of aryl methyl sites for hydroxylation is 1. The van der Waals surface area contributed by atoms with Crippen molar-refractivity contribution in [2.75, 3.05) is 4.90 Å². The van der Waals surface area contributed by atoms with Gasteiger partial charge in [-0.05, 0) is 58.0 Å². The summed E-state index contributed by atoms with van der Waals surface area (Å²) in [6.07, 6.45) is 1.54. The average Bonchev–Trinajstić information content (AvgIpc) is 2.99. The van der Waals surface area contributed by atoms with Crippen LogP contribution >= 0.6 is 0 Å². The SMILES string of the molecule is Cc1coc2ccc(N3c4ccccc4[Si](c4ccccc4)(c4ccccc4)c4ccccc43)cc2c1=O. The van der Waals surface area contributed by atoms with Crippen molar-refractivity contribution in [2.24, 2.45) is 0 Å². The fourth-order valence-corrected chi connectivity index (χ4v) is 11.1. The monoisotopic (exact) mass is 507 g/mol. The van der Waals surface area contributed by atoms with Gasteiger partial charge in [0.2, 0.25) is 0 Å². The van der Waals surface area contributed by atoms with E-state index >= 15 is 0 Å². The molecule has 0 amide bonds. The standard InChI is InChI=1S/C34H25NO2Si/c1-24-23-37-31-21-20-25(22-28(31)34(24)36)35-29-16-8-10-18-32(29)38(26-12-4-2-5-13-26,27-14-6-3-7-15-27)33-19-11-9-17-30(33)35/h2-23H,1H3. The lowest BCUT2D eigenvalue weighted by Crippen LogP contribution is -2.77. The molecule has 0 N–H and O–H groups in total. The van der Waals surface area contributed by atoms with Crippen molar-refractivity contribution in [2.45, 2.75) is 6.92 Å². The van der Waals surface area contributed by atoms with E-state index in [1.165, 1.54) is 27.0 Å². The molecule has 1 aliphatic heterocycles. The molecule has 1 aliphatic rings. The van der Waals surface area contributed by atoms with Crippen molar-refractivity contribution in [3.05, 3.63) is 149 Å². The Labute approximate surface area is 222 Å². The molecule has 0 fully saturated rings. The molecule has 182 valence electrons. The number of hydrogen-bond donors (Lipinski definition) is 0. The van der Waals surface area contributed by atoms with Crippen molar-refractivity contribution < 1.29 is 4.42 Å². The molecule has 5 aromatic carbocycles. The minimum Gasteiger partial charge on any atom is -0.464 e. The second-order valence-electron chi connectivity index (χ2n) is 9.78. The topological polar surface area (TPSA) is 33.5 Å². The van der Waals surface area contributed by atoms with E-state index in [1.807, 2.05) is 18.2 Å². The maximum Gasteiger partial charge on any atom is 0.195 e. The van der Waals surface area contributed by atoms with Crippen LogP contribution in [0.2, 0.25) is 0 Å². The van der Waals surface area contributed by atoms with E-state index in [2.05, 4.69) is 114 Å². The zero-order chi connectivity index (χ0) is 25.7. The minimum atomic E-state index is -2.65. The van der Waals surface area contributed by atoms with Gasteiger partial charge >= 0.3 is 0 Å². The van der Waals surface area contributed by atoms with E-state index in [0.29, 0.717) is 16.5 Å². The molecule has 0 saturated heterocycles. The molecule has 2 heterocycles. The molecule has 38 heavy (non-hydrogen) atoms. The van der Waals surface area contributed by atoms with Crippen LogP contribution in [0.5, 0.6) is 0 Å². The molecular weight excluding hydrogens is 482 g/mol. The maximum atomic E-state index is 13.1. The van der Waals surface area contributed by atoms with Gasteiger partial charge in [-0.15, -0.1) is 0 Å². The Bertz CT molecular complexity index is 1770. The van der Waals surface area contributed by atoms with Crippen molar-refractivity contribution in [1.82, 2.24) is 0 Å². The van der Waals surface area contributed by atoms with Crippen LogP contribution in [0.4, 0.5) is 17.1 Å². The molecule has 0 saturated carbocycles. The normalized spacial score (nSPS) is 13.7. The molecular formula is C34H25NO2Si. The molecule has 6 aromatic rings. The number of rotatable bonds is 3. The fraction of sp³-hybridized carbons (Fsp3) is 0.0294. The predicted molar refractivity (Wildman–Crippen MR) is 159 cm³/mol. The van der Waals surface area contributed by atoms with Crippen molar-refractivity contribution >= 4 is 56.9 Å². The van der Waals surface area contributed by atoms with E-state index in [1.54, 1.807) is 6.92 Å². The van der Waals surface area contributed by atoms with Crippen molar-refractivity contribution in [1.29, 1.82) is 0 Å². The van der Waals surface area contributed by atoms with Crippen LogP contribution < -0.4 is 31.1 Å². The van der Waals surface area contributed by atoms with Gasteiger partial charge in [0.1, 0.15) is 5.58 Å². The summed E-state index contributed by atoms with van der Waals surface area (Å²) in [7, 11) is -2.65. The second kappa shape index (κ2) is 8.72. The van der Waals surface area contributed by atoms with Gasteiger partial charge in [-0.2, -0.15) is 0 Å². The first-order chi connectivity index (χ1) is 18.7. The first-order valence-corrected chi connectivity index (χ1v) is 14.8. The quantitative estimate of drug-likeness (QED) is 0.306. The number of nitrogens with zero attached hydrogens (tertiary/aromatic N) is 1. The molecule has 1 aromatic heterocycles. The van der Waals surface area contributed by atoms with Gasteiger partial charge in [-0.3, -0.25) is 4.79 Å². The zero-order valence-electron chi connectivity index (χ0n) is 21.0. The molecule has 0 radical (unpaired) electrons. The van der Waals surface area contributed by atoms with Gasteiger partial charge in [0.05, 0.1) is 11.6 Å². The lowest BCUT2D eigenvalue weighted by Gasteiger charge is -2.45. The van der Waals surface area contributed by atoms with Crippen LogP contribution in [0.1, 0.15) is 5.56 Å². The highest BCUT2D eigenvalue weighted by molar-refractivity contribution is 7.21. The van der Waals surface area contributed by atoms with E-state index in [9.17, 15) is 4.79 Å². The zero-order valence-corrected chi connectivity index (χ0v) is 22.0. The van der Waals surface area contributed by atoms with Crippen molar-refractivity contribution in [3.63, 3.8) is 0 Å². The lowest BCUT2D eigenvalue weighted by molar-refractivity contribution is 0.597. The van der Waals surface area contributed by atoms with Crippen LogP contribution in [0, 0.1) is 6.92 Å². The molecule has 4 heteroatoms. The van der Waals surface area contributed by atoms with E-state index in [4.69, 9.17) is 4.42 Å². The highest BCUT2D eigenvalue weighted by atomic mass is 28.3. The summed E-state index contributed by atoms with van der Waals surface area (Å²) in [5.74, 6) is 0. The summed E-state index contributed by atoms with van der Waals surface area (Å²) in [4.78, 5) is 15.4. The summed E-state index contributed by atoms with van der Waals surface area (Å²) in [6, 6.07) is 45.4. The smallest absolute Gasteiger partial charge is 0.195 e. The van der Waals surface area contributed by atoms with Crippen LogP contribution in [0.3, 0.4) is 0 Å². The van der Waals surface area contributed by atoms with Gasteiger partial charge in [-0.1, -0.05) is 97.1 Å². The molecule has 0 aliphatic carbocycles. The third-order valence-corrected chi connectivity index (χ3v) is 12.6. The number of fused-ring (bicyclic) bond motifs is 3. The second-order valence-corrected chi connectivity index (χ2v) is 13.5. The Morgan fingerprint density at radius 3 is 1.74 bits per heavy atom. The van der Waals surface area contributed by atoms with E-state index < -0.39 is 8.07 Å². The first kappa shape index (κ1) is 22.5. The third-order valence-electron chi connectivity index (χ3n) is 7.70. The number of benzene rings is 5. The maximum absolute atomic E-state index is 13.1. The van der Waals surface area contributed by atoms with Crippen LogP contribution in [-0.2, 0) is 0 Å². The Morgan fingerprint density at radius 2 is 1.16 bits per heavy atom. The number of para-hydroxylation sites is 2. The summed E-state index contributed by atoms with van der Waals surface area (Å²) in [5.41, 5.74) is 4.43. The predicted octanol–water partition coefficient (Wildman–Crippen LogP) is 5.26. The lowest BCUT2D eigenvalue weighted by atomic mass is 10.1. The van der Waals surface area contributed by atoms with Gasteiger partial charge in [0, 0.05) is 22.6 Å². The van der Waals surface area contributed by atoms with Gasteiger partial charge in [0.25, 0.3) is 0 Å². The van der Waals surface area contributed by atoms with Crippen LogP contribution in [0.15, 0.2) is 143 Å². The summed E-state index contributed by atoms with van der Waals surface area (Å²) in [5, 5.41) is 5.94. The summed E-state index contributed by atoms with van der Waals surface area (Å²) < 4.78 is 5.74. The molecule has 7 rings (SSSR count). The molecule has 0 bridgehead atoms. The Morgan fingerprint density at radius 1 is 0.632 bits per heavy atom. The van der Waals surface area contributed by atoms with Crippen molar-refractivity contribution in [3.8, 4) is 0 Å². The number of hydrogen-bond acceptors (Lipinski definition) is 3. The van der Waals surface area contributed by atoms with Gasteiger partial charge < -0.3 is 9.32 Å². The highest BCUT2D eigenvalue weighted by Crippen LogP contribution is 2.38. The Hall–Kier alpha value is -4.67. The first-order valence-electron chi connectivity index (χ1n) is 12.8.